The summed E-state index contributed by atoms with van der Waals surface area (Å²) in [4.78, 5) is 12.9. The minimum absolute atomic E-state index is 0.0347. The van der Waals surface area contributed by atoms with Gasteiger partial charge in [0.15, 0.2) is 0 Å². The number of carbonyl (C=O) groups is 1. The van der Waals surface area contributed by atoms with Gasteiger partial charge in [-0.3, -0.25) is 4.79 Å². The lowest BCUT2D eigenvalue weighted by atomic mass is 10.0. The molecule has 3 aromatic carbocycles. The maximum atomic E-state index is 13.3. The summed E-state index contributed by atoms with van der Waals surface area (Å²) in [5, 5.41) is 13.2. The van der Waals surface area contributed by atoms with Gasteiger partial charge < -0.3 is 15.2 Å². The predicted molar refractivity (Wildman–Crippen MR) is 122 cm³/mol. The zero-order chi connectivity index (χ0) is 23.1. The van der Waals surface area contributed by atoms with E-state index in [1.54, 1.807) is 32.0 Å². The van der Waals surface area contributed by atoms with E-state index >= 15 is 0 Å². The molecule has 0 aliphatic carbocycles. The van der Waals surface area contributed by atoms with Crippen LogP contribution in [-0.2, 0) is 32.3 Å². The molecular weight excluding hydrogens is 426 g/mol. The first-order valence-corrected chi connectivity index (χ1v) is 11.9. The highest BCUT2D eigenvalue weighted by molar-refractivity contribution is 7.91. The lowest BCUT2D eigenvalue weighted by molar-refractivity contribution is -0.150. The molecule has 0 saturated carbocycles. The van der Waals surface area contributed by atoms with Gasteiger partial charge in [-0.15, -0.1) is 0 Å². The summed E-state index contributed by atoms with van der Waals surface area (Å²) in [6, 6.07) is 21.0. The third-order valence-electron chi connectivity index (χ3n) is 4.85. The predicted octanol–water partition coefficient (Wildman–Crippen LogP) is 3.88. The third kappa shape index (κ3) is 5.96. The number of phenols is 1. The Morgan fingerprint density at radius 1 is 0.969 bits per heavy atom. The molecule has 3 aromatic rings. The Labute approximate surface area is 188 Å². The van der Waals surface area contributed by atoms with Gasteiger partial charge in [0, 0.05) is 6.54 Å². The van der Waals surface area contributed by atoms with Crippen LogP contribution in [-0.4, -0.2) is 31.6 Å². The van der Waals surface area contributed by atoms with Gasteiger partial charge in [-0.05, 0) is 55.7 Å². The minimum atomic E-state index is -3.89. The number of phenolic OH excluding ortho intramolecular Hbond substituents is 1. The number of carbonyl (C=O) groups excluding carboxylic acids is 1. The van der Waals surface area contributed by atoms with Crippen LogP contribution in [0.25, 0.3) is 0 Å². The number of rotatable bonds is 9. The van der Waals surface area contributed by atoms with E-state index in [9.17, 15) is 18.3 Å². The standard InChI is InChI=1S/C25H27NO5S/c1-18(2)31-25(28)23(26-17-19-9-5-3-6-10-19)15-20-13-14-21(27)16-24(20)32(29,30)22-11-7-4-8-12-22/h3-14,16,18,23,26-27H,15,17H2,1-2H3/t23-/m0/s1. The molecule has 0 fully saturated rings. The molecule has 32 heavy (non-hydrogen) atoms. The van der Waals surface area contributed by atoms with Gasteiger partial charge >= 0.3 is 5.97 Å². The quantitative estimate of drug-likeness (QED) is 0.478. The zero-order valence-corrected chi connectivity index (χ0v) is 18.9. The maximum absolute atomic E-state index is 13.3. The summed E-state index contributed by atoms with van der Waals surface area (Å²) in [7, 11) is -3.89. The van der Waals surface area contributed by atoms with Crippen LogP contribution in [0, 0.1) is 0 Å². The number of hydrogen-bond acceptors (Lipinski definition) is 6. The molecule has 168 valence electrons. The van der Waals surface area contributed by atoms with Crippen LogP contribution in [0.5, 0.6) is 5.75 Å². The molecule has 0 aromatic heterocycles. The number of benzene rings is 3. The molecule has 0 saturated heterocycles. The van der Waals surface area contributed by atoms with Crippen molar-refractivity contribution in [2.24, 2.45) is 0 Å². The smallest absolute Gasteiger partial charge is 0.323 e. The van der Waals surface area contributed by atoms with E-state index < -0.39 is 21.8 Å². The SMILES string of the molecule is CC(C)OC(=O)[C@H](Cc1ccc(O)cc1S(=O)(=O)c1ccccc1)NCc1ccccc1. The molecule has 0 bridgehead atoms. The minimum Gasteiger partial charge on any atom is -0.508 e. The Morgan fingerprint density at radius 2 is 1.59 bits per heavy atom. The van der Waals surface area contributed by atoms with Gasteiger partial charge in [-0.25, -0.2) is 8.42 Å². The summed E-state index contributed by atoms with van der Waals surface area (Å²) < 4.78 is 31.9. The van der Waals surface area contributed by atoms with E-state index in [-0.39, 0.29) is 28.1 Å². The van der Waals surface area contributed by atoms with E-state index in [1.165, 1.54) is 30.3 Å². The maximum Gasteiger partial charge on any atom is 0.323 e. The topological polar surface area (TPSA) is 92.7 Å². The van der Waals surface area contributed by atoms with Gasteiger partial charge in [0.2, 0.25) is 9.84 Å². The average Bonchev–Trinajstić information content (AvgIpc) is 2.78. The van der Waals surface area contributed by atoms with Crippen molar-refractivity contribution in [1.82, 2.24) is 5.32 Å². The number of ether oxygens (including phenoxy) is 1. The summed E-state index contributed by atoms with van der Waals surface area (Å²) >= 11 is 0. The first-order valence-electron chi connectivity index (χ1n) is 10.4. The molecule has 0 radical (unpaired) electrons. The fourth-order valence-electron chi connectivity index (χ4n) is 3.30. The molecule has 0 aliphatic rings. The van der Waals surface area contributed by atoms with E-state index in [0.29, 0.717) is 12.1 Å². The van der Waals surface area contributed by atoms with Crippen molar-refractivity contribution in [3.8, 4) is 5.75 Å². The van der Waals surface area contributed by atoms with Gasteiger partial charge in [0.05, 0.1) is 15.9 Å². The lowest BCUT2D eigenvalue weighted by Crippen LogP contribution is -2.40. The molecule has 0 aliphatic heterocycles. The number of nitrogens with one attached hydrogen (secondary N) is 1. The van der Waals surface area contributed by atoms with E-state index in [0.717, 1.165) is 5.56 Å². The molecule has 6 nitrogen and oxygen atoms in total. The monoisotopic (exact) mass is 453 g/mol. The Morgan fingerprint density at radius 3 is 2.22 bits per heavy atom. The van der Waals surface area contributed by atoms with E-state index in [2.05, 4.69) is 5.32 Å². The molecule has 0 amide bonds. The lowest BCUT2D eigenvalue weighted by Gasteiger charge is -2.21. The zero-order valence-electron chi connectivity index (χ0n) is 18.1. The fraction of sp³-hybridized carbons (Fsp3) is 0.240. The van der Waals surface area contributed by atoms with Crippen LogP contribution >= 0.6 is 0 Å². The highest BCUT2D eigenvalue weighted by Crippen LogP contribution is 2.28. The third-order valence-corrected chi connectivity index (χ3v) is 6.70. The van der Waals surface area contributed by atoms with Crippen molar-refractivity contribution in [2.45, 2.75) is 48.7 Å². The Bertz CT molecular complexity index is 1150. The molecule has 3 rings (SSSR count). The first-order chi connectivity index (χ1) is 15.3. The van der Waals surface area contributed by atoms with Crippen molar-refractivity contribution in [2.75, 3.05) is 0 Å². The highest BCUT2D eigenvalue weighted by atomic mass is 32.2. The van der Waals surface area contributed by atoms with Gasteiger partial charge in [-0.1, -0.05) is 54.6 Å². The van der Waals surface area contributed by atoms with E-state index in [1.807, 2.05) is 30.3 Å². The number of hydrogen-bond donors (Lipinski definition) is 2. The average molecular weight is 454 g/mol. The van der Waals surface area contributed by atoms with Crippen molar-refractivity contribution >= 4 is 15.8 Å². The molecule has 2 N–H and O–H groups in total. The van der Waals surface area contributed by atoms with Crippen molar-refractivity contribution in [3.05, 3.63) is 90.0 Å². The number of sulfone groups is 1. The van der Waals surface area contributed by atoms with Crippen molar-refractivity contribution in [3.63, 3.8) is 0 Å². The second kappa shape index (κ2) is 10.4. The number of esters is 1. The van der Waals surface area contributed by atoms with Crippen LogP contribution < -0.4 is 5.32 Å². The second-order valence-electron chi connectivity index (χ2n) is 7.72. The summed E-state index contributed by atoms with van der Waals surface area (Å²) in [5.41, 5.74) is 1.40. The van der Waals surface area contributed by atoms with Crippen LogP contribution in [0.4, 0.5) is 0 Å². The molecule has 7 heteroatoms. The van der Waals surface area contributed by atoms with Crippen LogP contribution in [0.2, 0.25) is 0 Å². The molecule has 0 heterocycles. The van der Waals surface area contributed by atoms with Crippen LogP contribution in [0.3, 0.4) is 0 Å². The summed E-state index contributed by atoms with van der Waals surface area (Å²) in [5.74, 6) is -0.631. The second-order valence-corrected chi connectivity index (χ2v) is 9.64. The Kier molecular flexibility index (Phi) is 7.66. The van der Waals surface area contributed by atoms with Gasteiger partial charge in [-0.2, -0.15) is 0 Å². The first kappa shape index (κ1) is 23.5. The summed E-state index contributed by atoms with van der Waals surface area (Å²) in [6.07, 6.45) is -0.226. The van der Waals surface area contributed by atoms with Crippen molar-refractivity contribution in [1.29, 1.82) is 0 Å². The molecule has 1 atom stereocenters. The van der Waals surface area contributed by atoms with Gasteiger partial charge in [0.1, 0.15) is 11.8 Å². The Balaban J connectivity index is 1.94. The normalized spacial score (nSPS) is 12.5. The van der Waals surface area contributed by atoms with Gasteiger partial charge in [0.25, 0.3) is 0 Å². The summed E-state index contributed by atoms with van der Waals surface area (Å²) in [6.45, 7) is 3.94. The Hall–Kier alpha value is -3.16. The number of aromatic hydroxyl groups is 1. The molecular formula is C25H27NO5S. The fourth-order valence-corrected chi connectivity index (χ4v) is 4.84. The van der Waals surface area contributed by atoms with Crippen LogP contribution in [0.15, 0.2) is 88.7 Å². The van der Waals surface area contributed by atoms with Crippen molar-refractivity contribution < 1.29 is 23.1 Å². The molecule has 0 spiro atoms. The van der Waals surface area contributed by atoms with Crippen LogP contribution in [0.1, 0.15) is 25.0 Å². The van der Waals surface area contributed by atoms with E-state index in [4.69, 9.17) is 4.74 Å². The highest BCUT2D eigenvalue weighted by Gasteiger charge is 2.27. The largest absolute Gasteiger partial charge is 0.508 e. The molecule has 0 unspecified atom stereocenters.